The highest BCUT2D eigenvalue weighted by atomic mass is 35.5. The Kier molecular flexibility index (Phi) is 7.36. The summed E-state index contributed by atoms with van der Waals surface area (Å²) in [6.07, 6.45) is 3.59. The van der Waals surface area contributed by atoms with Gasteiger partial charge in [-0.2, -0.15) is 0 Å². The molecular formula is C11H17Cl3N2. The van der Waals surface area contributed by atoms with Crippen molar-refractivity contribution >= 4 is 36.4 Å². The van der Waals surface area contributed by atoms with E-state index in [9.17, 15) is 0 Å². The molecule has 1 unspecified atom stereocenters. The zero-order valence-electron chi connectivity index (χ0n) is 8.93. The lowest BCUT2D eigenvalue weighted by Gasteiger charge is -2.32. The Balaban J connectivity index is 0.00000112. The smallest absolute Gasteiger partial charge is 0.0491 e. The lowest BCUT2D eigenvalue weighted by Crippen LogP contribution is -2.38. The van der Waals surface area contributed by atoms with Gasteiger partial charge in [-0.1, -0.05) is 30.2 Å². The van der Waals surface area contributed by atoms with Crippen molar-refractivity contribution in [3.8, 4) is 0 Å². The first-order chi connectivity index (χ1) is 6.77. The monoisotopic (exact) mass is 282 g/mol. The van der Waals surface area contributed by atoms with E-state index in [4.69, 9.17) is 17.4 Å². The van der Waals surface area contributed by atoms with Crippen molar-refractivity contribution in [2.24, 2.45) is 5.84 Å². The summed E-state index contributed by atoms with van der Waals surface area (Å²) in [6, 6.07) is 8.34. The van der Waals surface area contributed by atoms with E-state index in [0.717, 1.165) is 18.0 Å². The van der Waals surface area contributed by atoms with Crippen molar-refractivity contribution in [2.75, 3.05) is 6.54 Å². The minimum absolute atomic E-state index is 0. The van der Waals surface area contributed by atoms with Gasteiger partial charge in [-0.25, -0.2) is 5.01 Å². The van der Waals surface area contributed by atoms with E-state index in [1.165, 1.54) is 18.4 Å². The van der Waals surface area contributed by atoms with Crippen LogP contribution in [0.4, 0.5) is 0 Å². The Labute approximate surface area is 114 Å². The van der Waals surface area contributed by atoms with Gasteiger partial charge < -0.3 is 0 Å². The third kappa shape index (κ3) is 3.79. The highest BCUT2D eigenvalue weighted by molar-refractivity contribution is 6.30. The van der Waals surface area contributed by atoms with Crippen LogP contribution in [0.5, 0.6) is 0 Å². The summed E-state index contributed by atoms with van der Waals surface area (Å²) in [6.45, 7) is 0.983. The summed E-state index contributed by atoms with van der Waals surface area (Å²) in [7, 11) is 0. The molecule has 2 nitrogen and oxygen atoms in total. The number of hydrazine groups is 1. The largest absolute Gasteiger partial charge is 0.268 e. The predicted molar refractivity (Wildman–Crippen MR) is 73.4 cm³/mol. The third-order valence-corrected chi connectivity index (χ3v) is 3.01. The summed E-state index contributed by atoms with van der Waals surface area (Å²) < 4.78 is 0. The number of piperidine rings is 1. The van der Waals surface area contributed by atoms with E-state index in [1.54, 1.807) is 0 Å². The Bertz CT molecular complexity index is 320. The molecule has 1 aromatic carbocycles. The molecular weight excluding hydrogens is 266 g/mol. The second kappa shape index (κ2) is 7.36. The average molecular weight is 284 g/mol. The van der Waals surface area contributed by atoms with Crippen molar-refractivity contribution < 1.29 is 0 Å². The van der Waals surface area contributed by atoms with E-state index in [1.807, 2.05) is 23.2 Å². The zero-order chi connectivity index (χ0) is 9.97. The zero-order valence-corrected chi connectivity index (χ0v) is 11.3. The van der Waals surface area contributed by atoms with Gasteiger partial charge in [0.15, 0.2) is 0 Å². The first kappa shape index (κ1) is 16.0. The Hall–Kier alpha value is 0.01000. The molecule has 0 amide bonds. The van der Waals surface area contributed by atoms with E-state index in [0.29, 0.717) is 6.04 Å². The van der Waals surface area contributed by atoms with Gasteiger partial charge in [0.2, 0.25) is 0 Å². The van der Waals surface area contributed by atoms with E-state index in [-0.39, 0.29) is 24.8 Å². The Morgan fingerprint density at radius 3 is 2.62 bits per heavy atom. The van der Waals surface area contributed by atoms with Gasteiger partial charge in [0.25, 0.3) is 0 Å². The van der Waals surface area contributed by atoms with Crippen LogP contribution in [-0.2, 0) is 0 Å². The van der Waals surface area contributed by atoms with Gasteiger partial charge in [-0.3, -0.25) is 5.84 Å². The molecule has 1 aliphatic rings. The molecule has 0 bridgehead atoms. The van der Waals surface area contributed by atoms with Crippen LogP contribution in [-0.4, -0.2) is 11.6 Å². The number of benzene rings is 1. The molecule has 5 heteroatoms. The molecule has 1 saturated heterocycles. The molecule has 0 aliphatic carbocycles. The van der Waals surface area contributed by atoms with E-state index in [2.05, 4.69) is 6.07 Å². The van der Waals surface area contributed by atoms with Gasteiger partial charge in [0, 0.05) is 17.6 Å². The minimum Gasteiger partial charge on any atom is -0.268 e. The molecule has 0 radical (unpaired) electrons. The second-order valence-electron chi connectivity index (χ2n) is 3.80. The molecule has 1 atom stereocenters. The maximum Gasteiger partial charge on any atom is 0.0491 e. The van der Waals surface area contributed by atoms with Crippen LogP contribution in [0.15, 0.2) is 24.3 Å². The fourth-order valence-corrected chi connectivity index (χ4v) is 2.22. The molecule has 2 N–H and O–H groups in total. The number of rotatable bonds is 1. The topological polar surface area (TPSA) is 29.3 Å². The summed E-state index contributed by atoms with van der Waals surface area (Å²) in [5.41, 5.74) is 1.24. The van der Waals surface area contributed by atoms with E-state index < -0.39 is 0 Å². The SMILES string of the molecule is Cl.Cl.NN1CCCCC1c1cccc(Cl)c1. The average Bonchev–Trinajstić information content (AvgIpc) is 2.18. The van der Waals surface area contributed by atoms with Crippen LogP contribution in [0, 0.1) is 0 Å². The molecule has 1 aromatic rings. The first-order valence-electron chi connectivity index (χ1n) is 5.04. The van der Waals surface area contributed by atoms with Gasteiger partial charge in [-0.15, -0.1) is 24.8 Å². The van der Waals surface area contributed by atoms with Crippen LogP contribution >= 0.6 is 36.4 Å². The van der Waals surface area contributed by atoms with Gasteiger partial charge in [0.05, 0.1) is 0 Å². The highest BCUT2D eigenvalue weighted by Crippen LogP contribution is 2.29. The number of hydrogen-bond acceptors (Lipinski definition) is 2. The Morgan fingerprint density at radius 2 is 2.00 bits per heavy atom. The lowest BCUT2D eigenvalue weighted by atomic mass is 9.97. The lowest BCUT2D eigenvalue weighted by molar-refractivity contribution is 0.151. The van der Waals surface area contributed by atoms with Gasteiger partial charge in [0.1, 0.15) is 0 Å². The first-order valence-corrected chi connectivity index (χ1v) is 5.42. The number of halogens is 3. The van der Waals surface area contributed by atoms with Crippen molar-refractivity contribution in [2.45, 2.75) is 25.3 Å². The molecule has 92 valence electrons. The van der Waals surface area contributed by atoms with Gasteiger partial charge in [-0.05, 0) is 30.5 Å². The molecule has 1 aliphatic heterocycles. The maximum atomic E-state index is 5.95. The standard InChI is InChI=1S/C11H15ClN2.2ClH/c12-10-5-3-4-9(8-10)11-6-1-2-7-14(11)13;;/h3-5,8,11H,1-2,6-7,13H2;2*1H. The van der Waals surface area contributed by atoms with Crippen molar-refractivity contribution in [1.82, 2.24) is 5.01 Å². The molecule has 1 fully saturated rings. The molecule has 0 saturated carbocycles. The maximum absolute atomic E-state index is 5.95. The van der Waals surface area contributed by atoms with Crippen LogP contribution < -0.4 is 5.84 Å². The van der Waals surface area contributed by atoms with E-state index >= 15 is 0 Å². The number of nitrogens with zero attached hydrogens (tertiary/aromatic N) is 1. The van der Waals surface area contributed by atoms with Gasteiger partial charge >= 0.3 is 0 Å². The van der Waals surface area contributed by atoms with Crippen LogP contribution in [0.3, 0.4) is 0 Å². The summed E-state index contributed by atoms with van der Waals surface area (Å²) in [5.74, 6) is 5.95. The van der Waals surface area contributed by atoms with Crippen LogP contribution in [0.1, 0.15) is 30.9 Å². The molecule has 0 spiro atoms. The quantitative estimate of drug-likeness (QED) is 0.798. The number of hydrogen-bond donors (Lipinski definition) is 1. The molecule has 2 rings (SSSR count). The third-order valence-electron chi connectivity index (χ3n) is 2.78. The van der Waals surface area contributed by atoms with Crippen LogP contribution in [0.25, 0.3) is 0 Å². The van der Waals surface area contributed by atoms with Crippen molar-refractivity contribution in [1.29, 1.82) is 0 Å². The second-order valence-corrected chi connectivity index (χ2v) is 4.24. The van der Waals surface area contributed by atoms with Crippen molar-refractivity contribution in [3.63, 3.8) is 0 Å². The molecule has 16 heavy (non-hydrogen) atoms. The summed E-state index contributed by atoms with van der Waals surface area (Å²) >= 11 is 5.95. The highest BCUT2D eigenvalue weighted by Gasteiger charge is 2.20. The normalized spacial score (nSPS) is 20.8. The van der Waals surface area contributed by atoms with Crippen molar-refractivity contribution in [3.05, 3.63) is 34.9 Å². The fraction of sp³-hybridized carbons (Fsp3) is 0.455. The predicted octanol–water partition coefficient (Wildman–Crippen LogP) is 3.58. The Morgan fingerprint density at radius 1 is 1.25 bits per heavy atom. The molecule has 1 heterocycles. The van der Waals surface area contributed by atoms with Crippen LogP contribution in [0.2, 0.25) is 5.02 Å². The molecule has 0 aromatic heterocycles. The summed E-state index contributed by atoms with van der Waals surface area (Å²) in [4.78, 5) is 0. The minimum atomic E-state index is 0. The summed E-state index contributed by atoms with van der Waals surface area (Å²) in [5, 5.41) is 2.72. The fourth-order valence-electron chi connectivity index (χ4n) is 2.03. The number of nitrogens with two attached hydrogens (primary N) is 1.